The Morgan fingerprint density at radius 3 is 2.43 bits per heavy atom. The molecule has 0 radical (unpaired) electrons. The molecule has 0 fully saturated rings. The summed E-state index contributed by atoms with van der Waals surface area (Å²) in [4.78, 5) is 21.4. The van der Waals surface area contributed by atoms with Gasteiger partial charge in [-0.2, -0.15) is 0 Å². The van der Waals surface area contributed by atoms with E-state index >= 15 is 0 Å². The van der Waals surface area contributed by atoms with E-state index in [1.165, 1.54) is 0 Å². The van der Waals surface area contributed by atoms with Gasteiger partial charge < -0.3 is 0 Å². The van der Waals surface area contributed by atoms with Crippen molar-refractivity contribution in [3.63, 3.8) is 0 Å². The second-order valence-electron chi connectivity index (χ2n) is 3.57. The lowest BCUT2D eigenvalue weighted by atomic mass is 9.95. The SMILES string of the molecule is CCCCC(C[N+](=O)[O-])C(=O)CCC. The third kappa shape index (κ3) is 5.67. The van der Waals surface area contributed by atoms with Crippen LogP contribution in [0.15, 0.2) is 0 Å². The third-order valence-corrected chi connectivity index (χ3v) is 2.23. The van der Waals surface area contributed by atoms with Crippen LogP contribution in [0.5, 0.6) is 0 Å². The van der Waals surface area contributed by atoms with Crippen molar-refractivity contribution in [3.8, 4) is 0 Å². The van der Waals surface area contributed by atoms with Gasteiger partial charge in [-0.3, -0.25) is 14.9 Å². The van der Waals surface area contributed by atoms with Crippen molar-refractivity contribution in [1.29, 1.82) is 0 Å². The highest BCUT2D eigenvalue weighted by Crippen LogP contribution is 2.13. The van der Waals surface area contributed by atoms with Gasteiger partial charge >= 0.3 is 0 Å². The fourth-order valence-electron chi connectivity index (χ4n) is 1.44. The highest BCUT2D eigenvalue weighted by atomic mass is 16.6. The number of nitro groups is 1. The first-order chi connectivity index (χ1) is 6.61. The van der Waals surface area contributed by atoms with Gasteiger partial charge in [-0.1, -0.05) is 26.7 Å². The highest BCUT2D eigenvalue weighted by molar-refractivity contribution is 5.80. The van der Waals surface area contributed by atoms with Crippen LogP contribution < -0.4 is 0 Å². The van der Waals surface area contributed by atoms with E-state index in [1.807, 2.05) is 13.8 Å². The second-order valence-corrected chi connectivity index (χ2v) is 3.57. The van der Waals surface area contributed by atoms with Crippen LogP contribution in [-0.2, 0) is 4.79 Å². The van der Waals surface area contributed by atoms with Gasteiger partial charge in [0.05, 0.1) is 5.92 Å². The van der Waals surface area contributed by atoms with Gasteiger partial charge in [0, 0.05) is 11.3 Å². The normalized spacial score (nSPS) is 12.4. The first-order valence-corrected chi connectivity index (χ1v) is 5.26. The maximum Gasteiger partial charge on any atom is 0.213 e. The number of nitrogens with zero attached hydrogens (tertiary/aromatic N) is 1. The summed E-state index contributed by atoms with van der Waals surface area (Å²) in [6, 6.07) is 0. The van der Waals surface area contributed by atoms with Gasteiger partial charge in [0.1, 0.15) is 5.78 Å². The van der Waals surface area contributed by atoms with Gasteiger partial charge in [0.25, 0.3) is 0 Å². The third-order valence-electron chi connectivity index (χ3n) is 2.23. The zero-order chi connectivity index (χ0) is 11.0. The fourth-order valence-corrected chi connectivity index (χ4v) is 1.44. The average Bonchev–Trinajstić information content (AvgIpc) is 2.12. The molecule has 0 aromatic rings. The number of carbonyl (C=O) groups excluding carboxylic acids is 1. The van der Waals surface area contributed by atoms with Crippen molar-refractivity contribution in [2.45, 2.75) is 46.0 Å². The molecule has 0 N–H and O–H groups in total. The molecule has 14 heavy (non-hydrogen) atoms. The number of hydrogen-bond donors (Lipinski definition) is 0. The molecule has 0 aliphatic carbocycles. The molecule has 0 rings (SSSR count). The molecule has 0 aromatic carbocycles. The molecule has 0 spiro atoms. The molecule has 0 aromatic heterocycles. The predicted octanol–water partition coefficient (Wildman–Crippen LogP) is 2.44. The molecule has 1 unspecified atom stereocenters. The van der Waals surface area contributed by atoms with E-state index in [9.17, 15) is 14.9 Å². The number of carbonyl (C=O) groups is 1. The second kappa shape index (κ2) is 7.47. The Morgan fingerprint density at radius 2 is 2.00 bits per heavy atom. The molecular formula is C10H19NO3. The zero-order valence-corrected chi connectivity index (χ0v) is 8.99. The molecule has 4 nitrogen and oxygen atoms in total. The van der Waals surface area contributed by atoms with Crippen molar-refractivity contribution >= 4 is 5.78 Å². The van der Waals surface area contributed by atoms with Crippen molar-refractivity contribution in [3.05, 3.63) is 10.1 Å². The summed E-state index contributed by atoms with van der Waals surface area (Å²) in [5.41, 5.74) is 0. The van der Waals surface area contributed by atoms with Crippen LogP contribution >= 0.6 is 0 Å². The van der Waals surface area contributed by atoms with E-state index in [2.05, 4.69) is 0 Å². The Morgan fingerprint density at radius 1 is 1.36 bits per heavy atom. The van der Waals surface area contributed by atoms with Crippen molar-refractivity contribution in [2.24, 2.45) is 5.92 Å². The van der Waals surface area contributed by atoms with Crippen LogP contribution in [0.2, 0.25) is 0 Å². The fraction of sp³-hybridized carbons (Fsp3) is 0.900. The highest BCUT2D eigenvalue weighted by Gasteiger charge is 2.22. The lowest BCUT2D eigenvalue weighted by molar-refractivity contribution is -0.485. The smallest absolute Gasteiger partial charge is 0.213 e. The van der Waals surface area contributed by atoms with Crippen LogP contribution in [0.3, 0.4) is 0 Å². The summed E-state index contributed by atoms with van der Waals surface area (Å²) in [7, 11) is 0. The standard InChI is InChI=1S/C10H19NO3/c1-3-5-7-9(8-11(13)14)10(12)6-4-2/h9H,3-8H2,1-2H3. The molecule has 0 saturated carbocycles. The van der Waals surface area contributed by atoms with Crippen LogP contribution in [0, 0.1) is 16.0 Å². The number of hydrogen-bond acceptors (Lipinski definition) is 3. The number of rotatable bonds is 8. The Hall–Kier alpha value is -0.930. The Bertz CT molecular complexity index is 192. The molecule has 4 heteroatoms. The Balaban J connectivity index is 4.08. The minimum Gasteiger partial charge on any atom is -0.299 e. The van der Waals surface area contributed by atoms with Gasteiger partial charge in [-0.25, -0.2) is 0 Å². The first kappa shape index (κ1) is 13.1. The molecular weight excluding hydrogens is 182 g/mol. The number of Topliss-reactive ketones (excluding diaryl/α,β-unsaturated/α-hetero) is 1. The summed E-state index contributed by atoms with van der Waals surface area (Å²) in [5, 5.41) is 10.3. The summed E-state index contributed by atoms with van der Waals surface area (Å²) in [5.74, 6) is -0.303. The van der Waals surface area contributed by atoms with Gasteiger partial charge in [0.2, 0.25) is 6.54 Å². The molecule has 0 heterocycles. The molecule has 0 saturated heterocycles. The summed E-state index contributed by atoms with van der Waals surface area (Å²) in [6.45, 7) is 3.74. The summed E-state index contributed by atoms with van der Waals surface area (Å²) < 4.78 is 0. The van der Waals surface area contributed by atoms with E-state index in [1.54, 1.807) is 0 Å². The molecule has 0 aliphatic rings. The molecule has 0 bridgehead atoms. The quantitative estimate of drug-likeness (QED) is 0.447. The first-order valence-electron chi connectivity index (χ1n) is 5.26. The van der Waals surface area contributed by atoms with Crippen LogP contribution in [0.1, 0.15) is 46.0 Å². The maximum atomic E-state index is 11.5. The zero-order valence-electron chi connectivity index (χ0n) is 8.99. The van der Waals surface area contributed by atoms with Gasteiger partial charge in [-0.15, -0.1) is 0 Å². The monoisotopic (exact) mass is 201 g/mol. The lowest BCUT2D eigenvalue weighted by Gasteiger charge is -2.10. The lowest BCUT2D eigenvalue weighted by Crippen LogP contribution is -2.23. The number of ketones is 1. The van der Waals surface area contributed by atoms with Gasteiger partial charge in [-0.05, 0) is 12.8 Å². The van der Waals surface area contributed by atoms with E-state index in [0.29, 0.717) is 12.8 Å². The molecule has 0 aliphatic heterocycles. The van der Waals surface area contributed by atoms with Crippen LogP contribution in [0.25, 0.3) is 0 Å². The molecule has 1 atom stereocenters. The van der Waals surface area contributed by atoms with E-state index < -0.39 is 0 Å². The van der Waals surface area contributed by atoms with E-state index in [4.69, 9.17) is 0 Å². The molecule has 0 amide bonds. The largest absolute Gasteiger partial charge is 0.299 e. The van der Waals surface area contributed by atoms with Crippen LogP contribution in [0.4, 0.5) is 0 Å². The predicted molar refractivity (Wildman–Crippen MR) is 54.8 cm³/mol. The molecule has 82 valence electrons. The summed E-state index contributed by atoms with van der Waals surface area (Å²) in [6.07, 6.45) is 3.79. The minimum atomic E-state index is -0.381. The average molecular weight is 201 g/mol. The minimum absolute atomic E-state index is 0.0534. The Labute approximate surface area is 84.8 Å². The topological polar surface area (TPSA) is 60.2 Å². The van der Waals surface area contributed by atoms with Crippen molar-refractivity contribution in [2.75, 3.05) is 6.54 Å². The van der Waals surface area contributed by atoms with Crippen molar-refractivity contribution < 1.29 is 9.72 Å². The van der Waals surface area contributed by atoms with Crippen molar-refractivity contribution in [1.82, 2.24) is 0 Å². The Kier molecular flexibility index (Phi) is 6.98. The van der Waals surface area contributed by atoms with Crippen LogP contribution in [-0.4, -0.2) is 17.3 Å². The summed E-state index contributed by atoms with van der Waals surface area (Å²) >= 11 is 0. The number of unbranched alkanes of at least 4 members (excludes halogenated alkanes) is 1. The van der Waals surface area contributed by atoms with Gasteiger partial charge in [0.15, 0.2) is 0 Å². The van der Waals surface area contributed by atoms with E-state index in [0.717, 1.165) is 19.3 Å². The maximum absolute atomic E-state index is 11.5. The van der Waals surface area contributed by atoms with E-state index in [-0.39, 0.29) is 23.2 Å².